The van der Waals surface area contributed by atoms with Gasteiger partial charge in [0.05, 0.1) is 16.8 Å². The maximum Gasteiger partial charge on any atom is 0.142 e. The lowest BCUT2D eigenvalue weighted by Crippen LogP contribution is -2.26. The third-order valence-electron chi connectivity index (χ3n) is 11.3. The van der Waals surface area contributed by atoms with Crippen molar-refractivity contribution in [3.63, 3.8) is 0 Å². The molecule has 8 aromatic carbocycles. The van der Waals surface area contributed by atoms with Gasteiger partial charge in [0.2, 0.25) is 0 Å². The summed E-state index contributed by atoms with van der Waals surface area (Å²) in [6, 6.07) is 72.4. The number of para-hydroxylation sites is 2. The highest BCUT2D eigenvalue weighted by Gasteiger charge is 2.55. The second kappa shape index (κ2) is 11.6. The zero-order valence-electron chi connectivity index (χ0n) is 28.9. The largest absolute Gasteiger partial charge is 0.456 e. The fourth-order valence-corrected chi connectivity index (χ4v) is 9.17. The van der Waals surface area contributed by atoms with Crippen LogP contribution in [0.5, 0.6) is 0 Å². The van der Waals surface area contributed by atoms with Crippen LogP contribution >= 0.6 is 0 Å². The molecular weight excluding hydrogens is 643 g/mol. The van der Waals surface area contributed by atoms with Crippen LogP contribution in [0.2, 0.25) is 0 Å². The number of rotatable bonds is 5. The highest BCUT2D eigenvalue weighted by atomic mass is 16.3. The van der Waals surface area contributed by atoms with E-state index in [-0.39, 0.29) is 0 Å². The number of fused-ring (bicyclic) bond motifs is 12. The normalized spacial score (nSPS) is 13.1. The Bertz CT molecular complexity index is 2790. The van der Waals surface area contributed by atoms with Crippen LogP contribution in [0.15, 0.2) is 205 Å². The molecule has 0 unspecified atom stereocenters. The Morgan fingerprint density at radius 1 is 0.377 bits per heavy atom. The van der Waals surface area contributed by atoms with Crippen molar-refractivity contribution in [3.05, 3.63) is 222 Å². The molecule has 0 saturated heterocycles. The Balaban J connectivity index is 1.24. The molecular formula is C51H33NO. The number of hydrogen-bond donors (Lipinski definition) is 0. The van der Waals surface area contributed by atoms with Gasteiger partial charge in [-0.05, 0) is 74.8 Å². The lowest BCUT2D eigenvalue weighted by atomic mass is 9.70. The van der Waals surface area contributed by atoms with Crippen LogP contribution in [-0.4, -0.2) is 0 Å². The molecule has 248 valence electrons. The minimum atomic E-state index is -0.539. The van der Waals surface area contributed by atoms with Crippen molar-refractivity contribution in [2.45, 2.75) is 5.41 Å². The summed E-state index contributed by atoms with van der Waals surface area (Å²) in [6.07, 6.45) is 0. The molecule has 0 saturated carbocycles. The van der Waals surface area contributed by atoms with E-state index in [4.69, 9.17) is 4.42 Å². The number of nitrogens with zero attached hydrogens (tertiary/aromatic N) is 1. The van der Waals surface area contributed by atoms with Crippen LogP contribution in [0.3, 0.4) is 0 Å². The lowest BCUT2D eigenvalue weighted by Gasteiger charge is -2.32. The van der Waals surface area contributed by atoms with Crippen LogP contribution in [0.4, 0.5) is 17.1 Å². The third kappa shape index (κ3) is 4.21. The highest BCUT2D eigenvalue weighted by Crippen LogP contribution is 2.66. The molecule has 53 heavy (non-hydrogen) atoms. The van der Waals surface area contributed by atoms with E-state index in [9.17, 15) is 0 Å². The summed E-state index contributed by atoms with van der Waals surface area (Å²) >= 11 is 0. The Hall–Kier alpha value is -6.90. The van der Waals surface area contributed by atoms with Gasteiger partial charge in [0.25, 0.3) is 0 Å². The maximum atomic E-state index is 7.08. The van der Waals surface area contributed by atoms with Gasteiger partial charge in [0.15, 0.2) is 0 Å². The van der Waals surface area contributed by atoms with Gasteiger partial charge in [-0.25, -0.2) is 0 Å². The van der Waals surface area contributed by atoms with E-state index in [1.807, 2.05) is 0 Å². The van der Waals surface area contributed by atoms with Crippen LogP contribution in [-0.2, 0) is 5.41 Å². The van der Waals surface area contributed by atoms with E-state index in [2.05, 4.69) is 205 Å². The Morgan fingerprint density at radius 2 is 0.906 bits per heavy atom. The smallest absolute Gasteiger partial charge is 0.142 e. The van der Waals surface area contributed by atoms with E-state index < -0.39 is 5.41 Å². The lowest BCUT2D eigenvalue weighted by molar-refractivity contribution is 0.628. The van der Waals surface area contributed by atoms with Crippen LogP contribution < -0.4 is 4.90 Å². The average Bonchev–Trinajstić information content (AvgIpc) is 3.86. The minimum Gasteiger partial charge on any atom is -0.456 e. The number of hydrogen-bond acceptors (Lipinski definition) is 2. The summed E-state index contributed by atoms with van der Waals surface area (Å²) in [6.45, 7) is 0. The monoisotopic (exact) mass is 675 g/mol. The molecule has 1 spiro atoms. The summed E-state index contributed by atoms with van der Waals surface area (Å²) in [5.41, 5.74) is 17.1. The number of anilines is 3. The molecule has 1 heterocycles. The van der Waals surface area contributed by atoms with Gasteiger partial charge in [-0.3, -0.25) is 0 Å². The standard InChI is InChI=1S/C51H33NO/c1-3-16-34(17-4-1)35-30-32-37(33-31-35)52(45-27-13-9-20-38(45)36-18-5-2-6-19-36)46-28-15-26-44-48(46)50-49(41-23-10-14-29-47(41)53-50)51(44)42-24-11-7-21-39(42)40-22-8-12-25-43(40)51/h1-33H. The van der Waals surface area contributed by atoms with Crippen molar-refractivity contribution in [3.8, 4) is 44.7 Å². The topological polar surface area (TPSA) is 16.4 Å². The molecule has 0 radical (unpaired) electrons. The fraction of sp³-hybridized carbons (Fsp3) is 0.0196. The molecule has 1 aromatic heterocycles. The highest BCUT2D eigenvalue weighted by molar-refractivity contribution is 6.06. The summed E-state index contributed by atoms with van der Waals surface area (Å²) in [4.78, 5) is 2.44. The predicted molar refractivity (Wildman–Crippen MR) is 218 cm³/mol. The van der Waals surface area contributed by atoms with Crippen LogP contribution in [0.1, 0.15) is 22.3 Å². The first-order valence-corrected chi connectivity index (χ1v) is 18.3. The molecule has 0 aliphatic heterocycles. The molecule has 0 N–H and O–H groups in total. The van der Waals surface area contributed by atoms with E-state index in [1.54, 1.807) is 0 Å². The summed E-state index contributed by atoms with van der Waals surface area (Å²) in [5.74, 6) is 0.936. The second-order valence-corrected chi connectivity index (χ2v) is 14.0. The van der Waals surface area contributed by atoms with Crippen LogP contribution in [0, 0.1) is 0 Å². The van der Waals surface area contributed by atoms with Crippen molar-refractivity contribution >= 4 is 28.0 Å². The van der Waals surface area contributed by atoms with Crippen molar-refractivity contribution in [1.29, 1.82) is 0 Å². The Kier molecular flexibility index (Phi) is 6.50. The van der Waals surface area contributed by atoms with Gasteiger partial charge < -0.3 is 9.32 Å². The molecule has 0 amide bonds. The van der Waals surface area contributed by atoms with Gasteiger partial charge in [-0.1, -0.05) is 170 Å². The fourth-order valence-electron chi connectivity index (χ4n) is 9.17. The summed E-state index contributed by atoms with van der Waals surface area (Å²) < 4.78 is 7.08. The van der Waals surface area contributed by atoms with Gasteiger partial charge in [0.1, 0.15) is 11.3 Å². The van der Waals surface area contributed by atoms with E-state index >= 15 is 0 Å². The molecule has 2 heteroatoms. The average molecular weight is 676 g/mol. The molecule has 2 nitrogen and oxygen atoms in total. The zero-order chi connectivity index (χ0) is 34.9. The molecule has 2 aliphatic rings. The van der Waals surface area contributed by atoms with E-state index in [0.29, 0.717) is 0 Å². The first-order valence-electron chi connectivity index (χ1n) is 18.3. The molecule has 11 rings (SSSR count). The zero-order valence-corrected chi connectivity index (χ0v) is 28.9. The minimum absolute atomic E-state index is 0.539. The van der Waals surface area contributed by atoms with Crippen molar-refractivity contribution in [2.24, 2.45) is 0 Å². The molecule has 0 fully saturated rings. The first-order chi connectivity index (χ1) is 26.3. The third-order valence-corrected chi connectivity index (χ3v) is 11.3. The number of benzene rings is 8. The SMILES string of the molecule is c1ccc(-c2ccc(N(c3ccccc3-c3ccccc3)c3cccc4c3-c3oc5ccccc5c3C43c4ccccc4-c4ccccc43)cc2)cc1. The maximum absolute atomic E-state index is 7.08. The second-order valence-electron chi connectivity index (χ2n) is 14.0. The van der Waals surface area contributed by atoms with Crippen molar-refractivity contribution < 1.29 is 4.42 Å². The Labute approximate surface area is 308 Å². The predicted octanol–water partition coefficient (Wildman–Crippen LogP) is 13.6. The van der Waals surface area contributed by atoms with Gasteiger partial charge in [-0.2, -0.15) is 0 Å². The van der Waals surface area contributed by atoms with Crippen molar-refractivity contribution in [1.82, 2.24) is 0 Å². The molecule has 0 atom stereocenters. The van der Waals surface area contributed by atoms with E-state index in [0.717, 1.165) is 44.9 Å². The molecule has 9 aromatic rings. The number of furan rings is 1. The van der Waals surface area contributed by atoms with E-state index in [1.165, 1.54) is 50.1 Å². The van der Waals surface area contributed by atoms with Gasteiger partial charge in [0, 0.05) is 27.8 Å². The summed E-state index contributed by atoms with van der Waals surface area (Å²) in [5, 5.41) is 1.15. The quantitative estimate of drug-likeness (QED) is 0.181. The first kappa shape index (κ1) is 29.8. The summed E-state index contributed by atoms with van der Waals surface area (Å²) in [7, 11) is 0. The van der Waals surface area contributed by atoms with Gasteiger partial charge in [-0.15, -0.1) is 0 Å². The molecule has 0 bridgehead atoms. The van der Waals surface area contributed by atoms with Gasteiger partial charge >= 0.3 is 0 Å². The molecule has 2 aliphatic carbocycles. The van der Waals surface area contributed by atoms with Crippen LogP contribution in [0.25, 0.3) is 55.7 Å². The van der Waals surface area contributed by atoms with Crippen molar-refractivity contribution in [2.75, 3.05) is 4.90 Å². The Morgan fingerprint density at radius 3 is 1.62 bits per heavy atom.